The zero-order chi connectivity index (χ0) is 55.4. The van der Waals surface area contributed by atoms with E-state index in [0.29, 0.717) is 12.8 Å². The highest BCUT2D eigenvalue weighted by Gasteiger charge is 2.47. The molecule has 11 nitrogen and oxygen atoms in total. The molecule has 0 radical (unpaired) electrons. The SMILES string of the molecule is CC/C=C\C/C=C\C/C=C\C/C=C\C/C=C\C/C=C\CCCCCCCCC(=O)OC1C(OCC(NC(=O)C(O)CCCCCCCCCCCC)C(O)/C=C/CCCCCCCCCCCC)OC(CO)C(O)C1O. The molecule has 0 bridgehead atoms. The quantitative estimate of drug-likeness (QED) is 0.0195. The van der Waals surface area contributed by atoms with E-state index >= 15 is 0 Å². The Morgan fingerprint density at radius 1 is 0.526 bits per heavy atom. The maximum Gasteiger partial charge on any atom is 0.306 e. The van der Waals surface area contributed by atoms with Gasteiger partial charge in [-0.25, -0.2) is 0 Å². The van der Waals surface area contributed by atoms with Crippen LogP contribution in [0.15, 0.2) is 85.1 Å². The molecular weight excluding hydrogens is 955 g/mol. The van der Waals surface area contributed by atoms with Crippen molar-refractivity contribution in [3.8, 4) is 0 Å². The van der Waals surface area contributed by atoms with Gasteiger partial charge in [-0.05, 0) is 77.0 Å². The second-order valence-electron chi connectivity index (χ2n) is 21.1. The van der Waals surface area contributed by atoms with Crippen molar-refractivity contribution in [1.82, 2.24) is 5.32 Å². The summed E-state index contributed by atoms with van der Waals surface area (Å²) in [5, 5.41) is 56.8. The van der Waals surface area contributed by atoms with Crippen LogP contribution in [0.2, 0.25) is 0 Å². The lowest BCUT2D eigenvalue weighted by Crippen LogP contribution is -2.61. The number of allylic oxidation sites excluding steroid dienone is 13. The fourth-order valence-corrected chi connectivity index (χ4v) is 9.18. The van der Waals surface area contributed by atoms with Gasteiger partial charge in [-0.15, -0.1) is 0 Å². The molecular formula is C65H113NO10. The van der Waals surface area contributed by atoms with Gasteiger partial charge in [0.25, 0.3) is 0 Å². The molecule has 11 heteroatoms. The third-order valence-corrected chi connectivity index (χ3v) is 14.1. The van der Waals surface area contributed by atoms with E-state index in [1.54, 1.807) is 6.08 Å². The minimum Gasteiger partial charge on any atom is -0.454 e. The lowest BCUT2D eigenvalue weighted by molar-refractivity contribution is -0.305. The van der Waals surface area contributed by atoms with E-state index in [0.717, 1.165) is 116 Å². The van der Waals surface area contributed by atoms with E-state index in [4.69, 9.17) is 14.2 Å². The molecule has 1 saturated heterocycles. The van der Waals surface area contributed by atoms with Crippen molar-refractivity contribution in [3.05, 3.63) is 85.1 Å². The number of hydrogen-bond acceptors (Lipinski definition) is 10. The van der Waals surface area contributed by atoms with E-state index in [1.807, 2.05) is 6.08 Å². The molecule has 8 atom stereocenters. The van der Waals surface area contributed by atoms with Crippen LogP contribution in [-0.2, 0) is 23.8 Å². The van der Waals surface area contributed by atoms with Gasteiger partial charge in [0.1, 0.15) is 24.4 Å². The molecule has 0 aliphatic carbocycles. The highest BCUT2D eigenvalue weighted by atomic mass is 16.7. The predicted molar refractivity (Wildman–Crippen MR) is 315 cm³/mol. The molecule has 438 valence electrons. The van der Waals surface area contributed by atoms with Crippen LogP contribution in [0.3, 0.4) is 0 Å². The summed E-state index contributed by atoms with van der Waals surface area (Å²) in [6.45, 7) is 5.64. The van der Waals surface area contributed by atoms with Crippen LogP contribution in [0.4, 0.5) is 0 Å². The Morgan fingerprint density at radius 3 is 1.42 bits per heavy atom. The van der Waals surface area contributed by atoms with Crippen molar-refractivity contribution in [2.45, 2.75) is 301 Å². The first-order chi connectivity index (χ1) is 37.2. The van der Waals surface area contributed by atoms with Crippen molar-refractivity contribution >= 4 is 11.9 Å². The third kappa shape index (κ3) is 40.1. The van der Waals surface area contributed by atoms with Gasteiger partial charge in [-0.3, -0.25) is 9.59 Å². The molecule has 76 heavy (non-hydrogen) atoms. The van der Waals surface area contributed by atoms with Gasteiger partial charge in [0.15, 0.2) is 12.4 Å². The molecule has 1 rings (SSSR count). The van der Waals surface area contributed by atoms with Gasteiger partial charge >= 0.3 is 5.97 Å². The number of esters is 1. The predicted octanol–water partition coefficient (Wildman–Crippen LogP) is 14.6. The van der Waals surface area contributed by atoms with Crippen molar-refractivity contribution in [3.63, 3.8) is 0 Å². The van der Waals surface area contributed by atoms with Crippen molar-refractivity contribution in [2.24, 2.45) is 0 Å². The van der Waals surface area contributed by atoms with E-state index in [1.165, 1.54) is 89.9 Å². The van der Waals surface area contributed by atoms with E-state index in [2.05, 4.69) is 99.0 Å². The van der Waals surface area contributed by atoms with Crippen LogP contribution in [0.5, 0.6) is 0 Å². The van der Waals surface area contributed by atoms with Crippen LogP contribution in [0, 0.1) is 0 Å². The molecule has 0 aromatic rings. The number of hydrogen-bond donors (Lipinski definition) is 6. The normalized spacial score (nSPS) is 19.7. The summed E-state index contributed by atoms with van der Waals surface area (Å²) in [5.74, 6) is -1.21. The summed E-state index contributed by atoms with van der Waals surface area (Å²) in [7, 11) is 0. The van der Waals surface area contributed by atoms with Gasteiger partial charge in [-0.2, -0.15) is 0 Å². The number of carbonyl (C=O) groups excluding carboxylic acids is 2. The van der Waals surface area contributed by atoms with Gasteiger partial charge < -0.3 is 45.1 Å². The molecule has 8 unspecified atom stereocenters. The number of aliphatic hydroxyl groups excluding tert-OH is 5. The summed E-state index contributed by atoms with van der Waals surface area (Å²) in [5.41, 5.74) is 0. The van der Waals surface area contributed by atoms with Gasteiger partial charge in [0, 0.05) is 6.42 Å². The second kappa shape index (κ2) is 52.5. The van der Waals surface area contributed by atoms with Crippen LogP contribution in [-0.4, -0.2) is 99.6 Å². The summed E-state index contributed by atoms with van der Waals surface area (Å²) < 4.78 is 17.6. The summed E-state index contributed by atoms with van der Waals surface area (Å²) in [4.78, 5) is 26.5. The molecule has 0 spiro atoms. The Labute approximate surface area is 463 Å². The Balaban J connectivity index is 2.62. The van der Waals surface area contributed by atoms with Crippen LogP contribution >= 0.6 is 0 Å². The molecule has 0 aromatic carbocycles. The van der Waals surface area contributed by atoms with Crippen molar-refractivity contribution < 1.29 is 49.3 Å². The zero-order valence-electron chi connectivity index (χ0n) is 48.3. The first kappa shape index (κ1) is 70.9. The molecule has 1 fully saturated rings. The molecule has 1 heterocycles. The minimum atomic E-state index is -1.62. The summed E-state index contributed by atoms with van der Waals surface area (Å²) in [6.07, 6.45) is 57.7. The lowest BCUT2D eigenvalue weighted by Gasteiger charge is -2.41. The van der Waals surface area contributed by atoms with Crippen LogP contribution in [0.25, 0.3) is 0 Å². The van der Waals surface area contributed by atoms with Gasteiger partial charge in [-0.1, -0.05) is 254 Å². The average Bonchev–Trinajstić information content (AvgIpc) is 3.42. The van der Waals surface area contributed by atoms with E-state index < -0.39 is 67.4 Å². The molecule has 1 amide bonds. The van der Waals surface area contributed by atoms with E-state index in [9.17, 15) is 35.1 Å². The van der Waals surface area contributed by atoms with Crippen LogP contribution < -0.4 is 5.32 Å². The summed E-state index contributed by atoms with van der Waals surface area (Å²) in [6, 6.07) is -1.03. The number of aliphatic hydroxyl groups is 5. The zero-order valence-corrected chi connectivity index (χ0v) is 48.3. The number of unbranched alkanes of at least 4 members (excludes halogenated alkanes) is 25. The Kier molecular flexibility index (Phi) is 49.0. The second-order valence-corrected chi connectivity index (χ2v) is 21.1. The molecule has 0 saturated carbocycles. The maximum absolute atomic E-state index is 13.3. The average molecular weight is 1070 g/mol. The fourth-order valence-electron chi connectivity index (χ4n) is 9.18. The number of ether oxygens (including phenoxy) is 3. The van der Waals surface area contributed by atoms with E-state index in [-0.39, 0.29) is 19.4 Å². The van der Waals surface area contributed by atoms with Gasteiger partial charge in [0.05, 0.1) is 25.4 Å². The Bertz CT molecular complexity index is 1560. The smallest absolute Gasteiger partial charge is 0.306 e. The highest BCUT2D eigenvalue weighted by molar-refractivity contribution is 5.80. The number of amides is 1. The Hall–Kier alpha value is -3.16. The number of nitrogens with one attached hydrogen (secondary N) is 1. The minimum absolute atomic E-state index is 0.103. The van der Waals surface area contributed by atoms with Crippen LogP contribution in [0.1, 0.15) is 252 Å². The molecule has 0 aromatic heterocycles. The summed E-state index contributed by atoms with van der Waals surface area (Å²) >= 11 is 0. The van der Waals surface area contributed by atoms with Crippen molar-refractivity contribution in [1.29, 1.82) is 0 Å². The molecule has 1 aliphatic rings. The maximum atomic E-state index is 13.3. The standard InChI is InChI=1S/C65H113NO10/c1-4-7-10-13-16-19-22-24-25-26-27-28-29-30-31-32-33-34-35-36-38-41-44-47-50-53-60(70)76-63-62(72)61(71)59(54-67)75-65(63)74-55-56(57(68)51-48-45-42-40-37-23-20-17-14-11-8-5-2)66-64(73)58(69)52-49-46-43-39-21-18-15-12-9-6-3/h7,10,16,19,24-25,27-28,30-31,33-34,48,51,56-59,61-63,65,67-69,71-72H,4-6,8-9,11-15,17-18,20-23,26,29,32,35-47,49-50,52-55H2,1-3H3,(H,66,73)/b10-7-,19-16-,25-24-,28-27-,31-30-,34-33-,51-48+. The third-order valence-electron chi connectivity index (χ3n) is 14.1. The molecule has 6 N–H and O–H groups in total. The van der Waals surface area contributed by atoms with Crippen molar-refractivity contribution in [2.75, 3.05) is 13.2 Å². The highest BCUT2D eigenvalue weighted by Crippen LogP contribution is 2.26. The Morgan fingerprint density at radius 2 is 0.947 bits per heavy atom. The topological polar surface area (TPSA) is 175 Å². The number of carbonyl (C=O) groups is 2. The first-order valence-corrected chi connectivity index (χ1v) is 30.9. The largest absolute Gasteiger partial charge is 0.454 e. The monoisotopic (exact) mass is 1070 g/mol. The first-order valence-electron chi connectivity index (χ1n) is 30.9. The van der Waals surface area contributed by atoms with Gasteiger partial charge in [0.2, 0.25) is 5.91 Å². The molecule has 1 aliphatic heterocycles. The lowest BCUT2D eigenvalue weighted by atomic mass is 9.99. The number of rotatable bonds is 51. The fraction of sp³-hybridized carbons (Fsp3) is 0.754.